The topological polar surface area (TPSA) is 27.0 Å². The maximum Gasteiger partial charge on any atom is 0.113 e. The number of rotatable bonds is 2. The molecule has 0 aliphatic rings. The average Bonchev–Trinajstić information content (AvgIpc) is 2.36. The predicted octanol–water partition coefficient (Wildman–Crippen LogP) is 3.50. The third-order valence-corrected chi connectivity index (χ3v) is 3.15. The van der Waals surface area contributed by atoms with Gasteiger partial charge in [-0.2, -0.15) is 5.26 Å². The molecule has 0 N–H and O–H groups in total. The number of hydrogen-bond acceptors (Lipinski definition) is 2. The first-order valence-electron chi connectivity index (χ1n) is 5.74. The van der Waals surface area contributed by atoms with E-state index in [-0.39, 0.29) is 6.04 Å². The van der Waals surface area contributed by atoms with Gasteiger partial charge in [0.15, 0.2) is 0 Å². The highest BCUT2D eigenvalue weighted by molar-refractivity contribution is 5.86. The molecule has 0 radical (unpaired) electrons. The molecule has 2 aromatic carbocycles. The highest BCUT2D eigenvalue weighted by Gasteiger charge is 2.08. The third-order valence-electron chi connectivity index (χ3n) is 3.15. The van der Waals surface area contributed by atoms with Gasteiger partial charge in [0.2, 0.25) is 0 Å². The Morgan fingerprint density at radius 3 is 2.47 bits per heavy atom. The molecule has 0 aliphatic heterocycles. The van der Waals surface area contributed by atoms with Crippen molar-refractivity contribution in [2.45, 2.75) is 19.9 Å². The Morgan fingerprint density at radius 2 is 1.76 bits per heavy atom. The normalized spacial score (nSPS) is 12.1. The summed E-state index contributed by atoms with van der Waals surface area (Å²) >= 11 is 0. The van der Waals surface area contributed by atoms with E-state index >= 15 is 0 Å². The van der Waals surface area contributed by atoms with Crippen molar-refractivity contribution >= 4 is 16.5 Å². The summed E-state index contributed by atoms with van der Waals surface area (Å²) in [6, 6.07) is 14.8. The van der Waals surface area contributed by atoms with Gasteiger partial charge in [-0.1, -0.05) is 29.8 Å². The van der Waals surface area contributed by atoms with Gasteiger partial charge in [-0.15, -0.1) is 0 Å². The minimum absolute atomic E-state index is 0.113. The summed E-state index contributed by atoms with van der Waals surface area (Å²) in [7, 11) is 1.95. The molecule has 0 spiro atoms. The maximum absolute atomic E-state index is 8.92. The van der Waals surface area contributed by atoms with E-state index in [2.05, 4.69) is 49.4 Å². The van der Waals surface area contributed by atoms with Crippen molar-refractivity contribution < 1.29 is 0 Å². The summed E-state index contributed by atoms with van der Waals surface area (Å²) in [5.74, 6) is 0. The van der Waals surface area contributed by atoms with Gasteiger partial charge in [0, 0.05) is 12.7 Å². The van der Waals surface area contributed by atoms with Crippen LogP contribution in [0, 0.1) is 18.3 Å². The van der Waals surface area contributed by atoms with Crippen LogP contribution in [0.4, 0.5) is 5.69 Å². The zero-order chi connectivity index (χ0) is 12.4. The first-order valence-corrected chi connectivity index (χ1v) is 5.74. The van der Waals surface area contributed by atoms with Crippen LogP contribution in [-0.2, 0) is 0 Å². The van der Waals surface area contributed by atoms with Crippen molar-refractivity contribution in [1.82, 2.24) is 0 Å². The van der Waals surface area contributed by atoms with Gasteiger partial charge in [-0.25, -0.2) is 0 Å². The lowest BCUT2D eigenvalue weighted by atomic mass is 10.1. The maximum atomic E-state index is 8.92. The summed E-state index contributed by atoms with van der Waals surface area (Å²) in [4.78, 5) is 1.99. The van der Waals surface area contributed by atoms with E-state index in [0.29, 0.717) is 0 Å². The van der Waals surface area contributed by atoms with Crippen LogP contribution in [-0.4, -0.2) is 13.1 Å². The summed E-state index contributed by atoms with van der Waals surface area (Å²) in [5.41, 5.74) is 2.35. The highest BCUT2D eigenvalue weighted by Crippen LogP contribution is 2.23. The Balaban J connectivity index is 2.45. The Kier molecular flexibility index (Phi) is 3.01. The van der Waals surface area contributed by atoms with E-state index in [1.807, 2.05) is 18.9 Å². The molecule has 0 aliphatic carbocycles. The van der Waals surface area contributed by atoms with E-state index in [4.69, 9.17) is 5.26 Å². The zero-order valence-electron chi connectivity index (χ0n) is 10.4. The minimum Gasteiger partial charge on any atom is -0.359 e. The van der Waals surface area contributed by atoms with Crippen LogP contribution in [0.15, 0.2) is 36.4 Å². The fraction of sp³-hybridized carbons (Fsp3) is 0.267. The number of hydrogen-bond donors (Lipinski definition) is 0. The van der Waals surface area contributed by atoms with E-state index in [0.717, 1.165) is 5.69 Å². The predicted molar refractivity (Wildman–Crippen MR) is 72.2 cm³/mol. The van der Waals surface area contributed by atoms with E-state index in [1.165, 1.54) is 16.3 Å². The largest absolute Gasteiger partial charge is 0.359 e. The number of nitrogens with zero attached hydrogens (tertiary/aromatic N) is 2. The minimum atomic E-state index is -0.113. The first-order chi connectivity index (χ1) is 8.11. The molecule has 2 aromatic rings. The summed E-state index contributed by atoms with van der Waals surface area (Å²) in [5, 5.41) is 11.4. The van der Waals surface area contributed by atoms with Crippen molar-refractivity contribution in [3.63, 3.8) is 0 Å². The van der Waals surface area contributed by atoms with Crippen molar-refractivity contribution in [2.75, 3.05) is 11.9 Å². The van der Waals surface area contributed by atoms with E-state index < -0.39 is 0 Å². The molecule has 1 unspecified atom stereocenters. The van der Waals surface area contributed by atoms with Gasteiger partial charge in [0.1, 0.15) is 6.04 Å². The first kappa shape index (κ1) is 11.5. The standard InChI is InChI=1S/C15H16N2/c1-11-4-5-14-9-15(7-6-13(14)8-11)17(3)12(2)10-16/h4-9,12H,1-3H3. The lowest BCUT2D eigenvalue weighted by molar-refractivity contribution is 0.836. The molecule has 0 aromatic heterocycles. The van der Waals surface area contributed by atoms with Crippen LogP contribution in [0.3, 0.4) is 0 Å². The Labute approximate surface area is 102 Å². The van der Waals surface area contributed by atoms with Gasteiger partial charge in [0.05, 0.1) is 6.07 Å². The second-order valence-corrected chi connectivity index (χ2v) is 4.45. The van der Waals surface area contributed by atoms with Crippen LogP contribution in [0.5, 0.6) is 0 Å². The molecular formula is C15H16N2. The van der Waals surface area contributed by atoms with E-state index in [9.17, 15) is 0 Å². The summed E-state index contributed by atoms with van der Waals surface area (Å²) in [6.07, 6.45) is 0. The fourth-order valence-electron chi connectivity index (χ4n) is 1.88. The molecule has 0 bridgehead atoms. The molecule has 2 nitrogen and oxygen atoms in total. The lowest BCUT2D eigenvalue weighted by Crippen LogP contribution is -2.26. The SMILES string of the molecule is Cc1ccc2cc(N(C)C(C)C#N)ccc2c1. The molecular weight excluding hydrogens is 208 g/mol. The molecule has 0 saturated carbocycles. The molecule has 1 atom stereocenters. The number of benzene rings is 2. The number of fused-ring (bicyclic) bond motifs is 1. The van der Waals surface area contributed by atoms with Crippen molar-refractivity contribution in [1.29, 1.82) is 5.26 Å². The quantitative estimate of drug-likeness (QED) is 0.780. The van der Waals surface area contributed by atoms with E-state index in [1.54, 1.807) is 0 Å². The molecule has 86 valence electrons. The van der Waals surface area contributed by atoms with Crippen LogP contribution in [0.25, 0.3) is 10.8 Å². The van der Waals surface area contributed by atoms with Gasteiger partial charge in [-0.05, 0) is 36.8 Å². The summed E-state index contributed by atoms with van der Waals surface area (Å²) < 4.78 is 0. The highest BCUT2D eigenvalue weighted by atomic mass is 15.1. The third kappa shape index (κ3) is 2.24. The summed E-state index contributed by atoms with van der Waals surface area (Å²) in [6.45, 7) is 4.00. The molecule has 17 heavy (non-hydrogen) atoms. The van der Waals surface area contributed by atoms with Gasteiger partial charge in [0.25, 0.3) is 0 Å². The van der Waals surface area contributed by atoms with Gasteiger partial charge >= 0.3 is 0 Å². The van der Waals surface area contributed by atoms with Crippen molar-refractivity contribution in [3.8, 4) is 6.07 Å². The van der Waals surface area contributed by atoms with Crippen LogP contribution in [0.2, 0.25) is 0 Å². The Morgan fingerprint density at radius 1 is 1.12 bits per heavy atom. The lowest BCUT2D eigenvalue weighted by Gasteiger charge is -2.22. The van der Waals surface area contributed by atoms with Crippen molar-refractivity contribution in [3.05, 3.63) is 42.0 Å². The number of anilines is 1. The number of aryl methyl sites for hydroxylation is 1. The second kappa shape index (κ2) is 4.47. The van der Waals surface area contributed by atoms with Crippen molar-refractivity contribution in [2.24, 2.45) is 0 Å². The smallest absolute Gasteiger partial charge is 0.113 e. The van der Waals surface area contributed by atoms with Gasteiger partial charge in [-0.3, -0.25) is 0 Å². The molecule has 0 fully saturated rings. The fourth-order valence-corrected chi connectivity index (χ4v) is 1.88. The molecule has 0 saturated heterocycles. The van der Waals surface area contributed by atoms with Gasteiger partial charge < -0.3 is 4.90 Å². The molecule has 0 amide bonds. The molecule has 2 heteroatoms. The monoisotopic (exact) mass is 224 g/mol. The zero-order valence-corrected chi connectivity index (χ0v) is 10.4. The second-order valence-electron chi connectivity index (χ2n) is 4.45. The van der Waals surface area contributed by atoms with Crippen LogP contribution < -0.4 is 4.90 Å². The Hall–Kier alpha value is -2.01. The number of nitriles is 1. The molecule has 2 rings (SSSR count). The molecule has 0 heterocycles. The average molecular weight is 224 g/mol. The van der Waals surface area contributed by atoms with Crippen LogP contribution >= 0.6 is 0 Å². The Bertz CT molecular complexity index is 581. The van der Waals surface area contributed by atoms with Crippen LogP contribution in [0.1, 0.15) is 12.5 Å².